The Kier molecular flexibility index (Phi) is 4.11. The molecule has 0 radical (unpaired) electrons. The van der Waals surface area contributed by atoms with Gasteiger partial charge in [0.05, 0.1) is 0 Å². The summed E-state index contributed by atoms with van der Waals surface area (Å²) < 4.78 is 27.4. The van der Waals surface area contributed by atoms with E-state index in [1.807, 2.05) is 0 Å². The van der Waals surface area contributed by atoms with Crippen molar-refractivity contribution in [3.63, 3.8) is 0 Å². The zero-order chi connectivity index (χ0) is 17.1. The molecule has 3 rings (SSSR count). The summed E-state index contributed by atoms with van der Waals surface area (Å²) in [6.45, 7) is 0. The predicted octanol–water partition coefficient (Wildman–Crippen LogP) is 2.45. The summed E-state index contributed by atoms with van der Waals surface area (Å²) >= 11 is 0. The molecule has 0 spiro atoms. The number of benzene rings is 2. The standard InChI is InChI=1S/C16H10F2N4O2/c17-12-5-1-10(2-6-12)14(11-3-7-13(18)8-4-11)15(16(23)24)22-9-19-20-21-22/h1-9H,(H,23,24). The van der Waals surface area contributed by atoms with Crippen LogP contribution in [0.1, 0.15) is 11.1 Å². The van der Waals surface area contributed by atoms with E-state index < -0.39 is 17.6 Å². The molecule has 1 heterocycles. The Morgan fingerprint density at radius 1 is 0.917 bits per heavy atom. The van der Waals surface area contributed by atoms with Gasteiger partial charge in [0.1, 0.15) is 18.0 Å². The van der Waals surface area contributed by atoms with Gasteiger partial charge in [0.15, 0.2) is 5.70 Å². The third kappa shape index (κ3) is 3.02. The number of hydrogen-bond donors (Lipinski definition) is 1. The second-order valence-electron chi connectivity index (χ2n) is 4.80. The van der Waals surface area contributed by atoms with Gasteiger partial charge in [-0.3, -0.25) is 0 Å². The summed E-state index contributed by atoms with van der Waals surface area (Å²) in [6.07, 6.45) is 1.14. The first kappa shape index (κ1) is 15.5. The Balaban J connectivity index is 2.31. The maximum absolute atomic E-state index is 13.2. The second kappa shape index (κ2) is 6.37. The van der Waals surface area contributed by atoms with Crippen LogP contribution >= 0.6 is 0 Å². The van der Waals surface area contributed by atoms with Crippen molar-refractivity contribution in [3.05, 3.63) is 77.6 Å². The van der Waals surface area contributed by atoms with Gasteiger partial charge in [-0.2, -0.15) is 4.68 Å². The number of aromatic nitrogens is 4. The number of carbonyl (C=O) groups is 1. The van der Waals surface area contributed by atoms with Gasteiger partial charge in [0.25, 0.3) is 0 Å². The summed E-state index contributed by atoms with van der Waals surface area (Å²) in [5.41, 5.74) is 0.847. The van der Waals surface area contributed by atoms with E-state index >= 15 is 0 Å². The van der Waals surface area contributed by atoms with Crippen LogP contribution in [0.3, 0.4) is 0 Å². The summed E-state index contributed by atoms with van der Waals surface area (Å²) in [6, 6.07) is 10.6. The third-order valence-electron chi connectivity index (χ3n) is 3.28. The van der Waals surface area contributed by atoms with Crippen LogP contribution in [0.4, 0.5) is 8.78 Å². The molecule has 8 heteroatoms. The minimum atomic E-state index is -1.29. The molecule has 24 heavy (non-hydrogen) atoms. The number of carboxylic acid groups (broad SMARTS) is 1. The van der Waals surface area contributed by atoms with Crippen molar-refractivity contribution >= 4 is 17.2 Å². The number of hydrogen-bond acceptors (Lipinski definition) is 4. The van der Waals surface area contributed by atoms with Crippen molar-refractivity contribution in [1.29, 1.82) is 0 Å². The van der Waals surface area contributed by atoms with E-state index in [1.54, 1.807) is 0 Å². The molecule has 1 aromatic heterocycles. The van der Waals surface area contributed by atoms with Crippen LogP contribution in [0.15, 0.2) is 54.9 Å². The van der Waals surface area contributed by atoms with E-state index in [9.17, 15) is 18.7 Å². The van der Waals surface area contributed by atoms with Crippen molar-refractivity contribution in [2.45, 2.75) is 0 Å². The summed E-state index contributed by atoms with van der Waals surface area (Å²) in [7, 11) is 0. The molecule has 6 nitrogen and oxygen atoms in total. The number of halogens is 2. The van der Waals surface area contributed by atoms with E-state index in [4.69, 9.17) is 0 Å². The predicted molar refractivity (Wildman–Crippen MR) is 80.5 cm³/mol. The first-order valence-electron chi connectivity index (χ1n) is 6.79. The van der Waals surface area contributed by atoms with E-state index in [2.05, 4.69) is 15.5 Å². The van der Waals surface area contributed by atoms with Crippen LogP contribution in [0, 0.1) is 11.6 Å². The highest BCUT2D eigenvalue weighted by atomic mass is 19.1. The molecule has 0 atom stereocenters. The van der Waals surface area contributed by atoms with E-state index in [-0.39, 0.29) is 11.3 Å². The average Bonchev–Trinajstić information content (AvgIpc) is 3.08. The molecule has 120 valence electrons. The van der Waals surface area contributed by atoms with Gasteiger partial charge >= 0.3 is 5.97 Å². The monoisotopic (exact) mass is 328 g/mol. The molecular weight excluding hydrogens is 318 g/mol. The Morgan fingerprint density at radius 3 is 1.79 bits per heavy atom. The number of aliphatic carboxylic acids is 1. The zero-order valence-corrected chi connectivity index (χ0v) is 12.1. The van der Waals surface area contributed by atoms with Gasteiger partial charge in [0, 0.05) is 5.57 Å². The Bertz CT molecular complexity index is 841. The molecular formula is C16H10F2N4O2. The molecule has 0 aliphatic rings. The fourth-order valence-electron chi connectivity index (χ4n) is 2.26. The van der Waals surface area contributed by atoms with Crippen LogP contribution in [0.2, 0.25) is 0 Å². The molecule has 0 saturated heterocycles. The average molecular weight is 328 g/mol. The molecule has 0 unspecified atom stereocenters. The highest BCUT2D eigenvalue weighted by Crippen LogP contribution is 2.29. The van der Waals surface area contributed by atoms with Crippen molar-refractivity contribution in [2.75, 3.05) is 0 Å². The van der Waals surface area contributed by atoms with E-state index in [1.165, 1.54) is 48.5 Å². The van der Waals surface area contributed by atoms with Gasteiger partial charge in [-0.15, -0.1) is 5.10 Å². The van der Waals surface area contributed by atoms with Gasteiger partial charge in [0.2, 0.25) is 0 Å². The van der Waals surface area contributed by atoms with Crippen molar-refractivity contribution in [2.24, 2.45) is 0 Å². The van der Waals surface area contributed by atoms with Crippen molar-refractivity contribution in [1.82, 2.24) is 20.2 Å². The smallest absolute Gasteiger partial charge is 0.355 e. The van der Waals surface area contributed by atoms with Crippen LogP contribution in [-0.2, 0) is 4.79 Å². The normalized spacial score (nSPS) is 10.4. The molecule has 0 aliphatic heterocycles. The fraction of sp³-hybridized carbons (Fsp3) is 0. The van der Waals surface area contributed by atoms with Gasteiger partial charge in [-0.25, -0.2) is 13.6 Å². The topological polar surface area (TPSA) is 80.9 Å². The van der Waals surface area contributed by atoms with Crippen LogP contribution in [0.5, 0.6) is 0 Å². The first-order valence-corrected chi connectivity index (χ1v) is 6.79. The summed E-state index contributed by atoms with van der Waals surface area (Å²) in [4.78, 5) is 11.8. The summed E-state index contributed by atoms with van der Waals surface area (Å²) in [5.74, 6) is -2.21. The van der Waals surface area contributed by atoms with Crippen molar-refractivity contribution in [3.8, 4) is 0 Å². The van der Waals surface area contributed by atoms with E-state index in [0.717, 1.165) is 11.0 Å². The molecule has 0 aliphatic carbocycles. The minimum Gasteiger partial charge on any atom is -0.476 e. The zero-order valence-electron chi connectivity index (χ0n) is 12.1. The molecule has 0 bridgehead atoms. The molecule has 1 N–H and O–H groups in total. The van der Waals surface area contributed by atoms with Gasteiger partial charge < -0.3 is 5.11 Å². The lowest BCUT2D eigenvalue weighted by Crippen LogP contribution is -2.12. The maximum Gasteiger partial charge on any atom is 0.355 e. The third-order valence-corrected chi connectivity index (χ3v) is 3.28. The lowest BCUT2D eigenvalue weighted by Gasteiger charge is -2.13. The molecule has 0 saturated carbocycles. The largest absolute Gasteiger partial charge is 0.476 e. The maximum atomic E-state index is 13.2. The lowest BCUT2D eigenvalue weighted by atomic mass is 9.95. The van der Waals surface area contributed by atoms with Gasteiger partial charge in [-0.1, -0.05) is 24.3 Å². The molecule has 0 amide bonds. The molecule has 3 aromatic rings. The number of rotatable bonds is 4. The Morgan fingerprint density at radius 2 is 1.42 bits per heavy atom. The first-order chi connectivity index (χ1) is 11.6. The highest BCUT2D eigenvalue weighted by molar-refractivity contribution is 6.20. The number of carboxylic acids is 1. The highest BCUT2D eigenvalue weighted by Gasteiger charge is 2.21. The Labute approximate surface area is 134 Å². The molecule has 0 fully saturated rings. The van der Waals surface area contributed by atoms with Crippen LogP contribution in [-0.4, -0.2) is 31.3 Å². The second-order valence-corrected chi connectivity index (χ2v) is 4.80. The number of nitrogens with zero attached hydrogens (tertiary/aromatic N) is 4. The molecule has 2 aromatic carbocycles. The number of tetrazole rings is 1. The van der Waals surface area contributed by atoms with Gasteiger partial charge in [-0.05, 0) is 45.8 Å². The fourth-order valence-corrected chi connectivity index (χ4v) is 2.26. The Hall–Kier alpha value is -3.42. The SMILES string of the molecule is O=C(O)C(=C(c1ccc(F)cc1)c1ccc(F)cc1)n1cnnn1. The quantitative estimate of drug-likeness (QED) is 0.744. The summed E-state index contributed by atoms with van der Waals surface area (Å²) in [5, 5.41) is 20.1. The van der Waals surface area contributed by atoms with E-state index in [0.29, 0.717) is 11.1 Å². The van der Waals surface area contributed by atoms with Crippen molar-refractivity contribution < 1.29 is 18.7 Å². The minimum absolute atomic E-state index is 0.231. The lowest BCUT2D eigenvalue weighted by molar-refractivity contribution is -0.130. The van der Waals surface area contributed by atoms with Crippen LogP contribution in [0.25, 0.3) is 11.3 Å². The van der Waals surface area contributed by atoms with Crippen LogP contribution < -0.4 is 0 Å².